The van der Waals surface area contributed by atoms with Crippen LogP contribution in [0.1, 0.15) is 18.5 Å². The first-order valence-electron chi connectivity index (χ1n) is 10.5. The highest BCUT2D eigenvalue weighted by atomic mass is 32.2. The van der Waals surface area contributed by atoms with E-state index in [9.17, 15) is 4.39 Å². The number of thioether (sulfide) groups is 1. The Morgan fingerprint density at radius 3 is 2.81 bits per heavy atom. The van der Waals surface area contributed by atoms with E-state index in [1.165, 1.54) is 10.7 Å². The maximum Gasteiger partial charge on any atom is 0.148 e. The molecule has 0 unspecified atom stereocenters. The molecule has 0 aliphatic carbocycles. The van der Waals surface area contributed by atoms with Gasteiger partial charge in [0, 0.05) is 35.2 Å². The summed E-state index contributed by atoms with van der Waals surface area (Å²) < 4.78 is 16.3. The highest BCUT2D eigenvalue weighted by Gasteiger charge is 2.15. The summed E-state index contributed by atoms with van der Waals surface area (Å²) in [6, 6.07) is 12.4. The van der Waals surface area contributed by atoms with Crippen molar-refractivity contribution in [3.05, 3.63) is 66.4 Å². The van der Waals surface area contributed by atoms with Gasteiger partial charge in [0.1, 0.15) is 11.6 Å². The second kappa shape index (κ2) is 9.23. The summed E-state index contributed by atoms with van der Waals surface area (Å²) >= 11 is 1.82. The van der Waals surface area contributed by atoms with Crippen molar-refractivity contribution < 1.29 is 9.50 Å². The summed E-state index contributed by atoms with van der Waals surface area (Å²) in [5, 5.41) is 22.3. The van der Waals surface area contributed by atoms with E-state index in [-0.39, 0.29) is 6.61 Å². The molecule has 3 aromatic heterocycles. The van der Waals surface area contributed by atoms with Crippen molar-refractivity contribution >= 4 is 34.2 Å². The van der Waals surface area contributed by atoms with Crippen LogP contribution >= 0.6 is 11.8 Å². The van der Waals surface area contributed by atoms with Gasteiger partial charge in [-0.25, -0.2) is 19.0 Å². The number of piperidine rings is 1. The molecule has 3 N–H and O–H groups in total. The smallest absolute Gasteiger partial charge is 0.148 e. The van der Waals surface area contributed by atoms with Crippen molar-refractivity contribution in [1.82, 2.24) is 25.1 Å². The van der Waals surface area contributed by atoms with Crippen LogP contribution in [0.2, 0.25) is 0 Å². The van der Waals surface area contributed by atoms with Gasteiger partial charge in [0.25, 0.3) is 0 Å². The van der Waals surface area contributed by atoms with Crippen LogP contribution in [0.15, 0.2) is 59.9 Å². The number of pyridine rings is 2. The summed E-state index contributed by atoms with van der Waals surface area (Å²) in [5.41, 5.74) is 2.24. The van der Waals surface area contributed by atoms with Gasteiger partial charge in [-0.3, -0.25) is 0 Å². The van der Waals surface area contributed by atoms with E-state index < -0.39 is 5.82 Å². The largest absolute Gasteiger partial charge is 0.390 e. The Labute approximate surface area is 189 Å². The van der Waals surface area contributed by atoms with Crippen molar-refractivity contribution in [2.24, 2.45) is 0 Å². The number of nitrogens with zero attached hydrogens (tertiary/aromatic N) is 4. The van der Waals surface area contributed by atoms with Crippen molar-refractivity contribution in [2.45, 2.75) is 29.7 Å². The zero-order chi connectivity index (χ0) is 21.9. The zero-order valence-corrected chi connectivity index (χ0v) is 18.1. The van der Waals surface area contributed by atoms with Gasteiger partial charge in [-0.1, -0.05) is 0 Å². The first-order valence-corrected chi connectivity index (χ1v) is 11.4. The Hall–Kier alpha value is -3.01. The van der Waals surface area contributed by atoms with Gasteiger partial charge in [-0.2, -0.15) is 5.10 Å². The van der Waals surface area contributed by atoms with Crippen LogP contribution in [0.5, 0.6) is 0 Å². The lowest BCUT2D eigenvalue weighted by Crippen LogP contribution is -2.29. The van der Waals surface area contributed by atoms with Crippen molar-refractivity contribution in [3.63, 3.8) is 0 Å². The maximum atomic E-state index is 14.7. The first kappa shape index (κ1) is 20.9. The summed E-state index contributed by atoms with van der Waals surface area (Å²) in [6.45, 7) is 1.95. The molecule has 0 saturated carbocycles. The van der Waals surface area contributed by atoms with Gasteiger partial charge in [0.15, 0.2) is 0 Å². The number of fused-ring (bicyclic) bond motifs is 1. The molecule has 1 aliphatic rings. The van der Waals surface area contributed by atoms with E-state index in [1.54, 1.807) is 30.6 Å². The second-order valence-corrected chi connectivity index (χ2v) is 9.00. The fourth-order valence-electron chi connectivity index (χ4n) is 3.69. The Morgan fingerprint density at radius 1 is 1.16 bits per heavy atom. The minimum absolute atomic E-state index is 0.158. The lowest BCUT2D eigenvalue weighted by atomic mass is 10.2. The molecular formula is C23H23FN6OS. The molecule has 7 nitrogen and oxygen atoms in total. The molecule has 164 valence electrons. The van der Waals surface area contributed by atoms with Crippen LogP contribution in [0.25, 0.3) is 16.6 Å². The number of anilines is 2. The van der Waals surface area contributed by atoms with Gasteiger partial charge in [-0.05, 0) is 56.3 Å². The molecule has 32 heavy (non-hydrogen) atoms. The van der Waals surface area contributed by atoms with Crippen LogP contribution < -0.4 is 10.6 Å². The lowest BCUT2D eigenvalue weighted by molar-refractivity contribution is 0.276. The lowest BCUT2D eigenvalue weighted by Gasteiger charge is -2.21. The number of hydrogen-bond donors (Lipinski definition) is 3. The molecule has 1 saturated heterocycles. The van der Waals surface area contributed by atoms with Gasteiger partial charge >= 0.3 is 0 Å². The summed E-state index contributed by atoms with van der Waals surface area (Å²) in [4.78, 5) is 9.20. The number of hydrogen-bond acceptors (Lipinski definition) is 7. The number of aliphatic hydroxyl groups is 1. The molecule has 5 rings (SSSR count). The predicted octanol–water partition coefficient (Wildman–Crippen LogP) is 4.03. The highest BCUT2D eigenvalue weighted by molar-refractivity contribution is 7.99. The molecular weight excluding hydrogens is 427 g/mol. The predicted molar refractivity (Wildman–Crippen MR) is 124 cm³/mol. The zero-order valence-electron chi connectivity index (χ0n) is 17.3. The van der Waals surface area contributed by atoms with Gasteiger partial charge in [0.05, 0.1) is 34.2 Å². The molecule has 1 aliphatic heterocycles. The van der Waals surface area contributed by atoms with Gasteiger partial charge in [-0.15, -0.1) is 11.8 Å². The van der Waals surface area contributed by atoms with Crippen LogP contribution in [0.3, 0.4) is 0 Å². The number of aliphatic hydroxyl groups excluding tert-OH is 1. The Balaban J connectivity index is 1.35. The molecule has 0 atom stereocenters. The van der Waals surface area contributed by atoms with Crippen LogP contribution in [0.4, 0.5) is 15.9 Å². The first-order chi connectivity index (χ1) is 15.7. The third-order valence-electron chi connectivity index (χ3n) is 5.41. The van der Waals surface area contributed by atoms with E-state index >= 15 is 0 Å². The SMILES string of the molecule is OCc1ccn(-c2ccc(Nc3cc4nc(SC5CCNCC5)ccc4cn3)c(F)c2)n1. The molecule has 9 heteroatoms. The number of aromatic nitrogens is 4. The molecule has 4 aromatic rings. The highest BCUT2D eigenvalue weighted by Crippen LogP contribution is 2.29. The quantitative estimate of drug-likeness (QED) is 0.409. The van der Waals surface area contributed by atoms with E-state index in [2.05, 4.69) is 20.7 Å². The molecule has 0 amide bonds. The molecule has 0 bridgehead atoms. The average molecular weight is 451 g/mol. The topological polar surface area (TPSA) is 87.9 Å². The van der Waals surface area contributed by atoms with Crippen LogP contribution in [-0.4, -0.2) is 43.2 Å². The molecule has 1 aromatic carbocycles. The summed E-state index contributed by atoms with van der Waals surface area (Å²) in [5.74, 6) is 0.107. The third-order valence-corrected chi connectivity index (χ3v) is 6.68. The van der Waals surface area contributed by atoms with E-state index in [1.807, 2.05) is 30.0 Å². The monoisotopic (exact) mass is 450 g/mol. The Kier molecular flexibility index (Phi) is 6.02. The molecule has 1 fully saturated rings. The second-order valence-electron chi connectivity index (χ2n) is 7.68. The molecule has 4 heterocycles. The van der Waals surface area contributed by atoms with E-state index in [4.69, 9.17) is 10.1 Å². The van der Waals surface area contributed by atoms with E-state index in [0.717, 1.165) is 41.9 Å². The summed E-state index contributed by atoms with van der Waals surface area (Å²) in [6.07, 6.45) is 5.71. The Bertz CT molecular complexity index is 1240. The number of nitrogens with one attached hydrogen (secondary N) is 2. The fourth-order valence-corrected chi connectivity index (χ4v) is 4.80. The van der Waals surface area contributed by atoms with Gasteiger partial charge in [0.2, 0.25) is 0 Å². The average Bonchev–Trinajstić information content (AvgIpc) is 3.30. The minimum atomic E-state index is -0.423. The number of rotatable bonds is 6. The van der Waals surface area contributed by atoms with Crippen molar-refractivity contribution in [3.8, 4) is 5.69 Å². The van der Waals surface area contributed by atoms with Crippen LogP contribution in [0, 0.1) is 5.82 Å². The summed E-state index contributed by atoms with van der Waals surface area (Å²) in [7, 11) is 0. The standard InChI is InChI=1S/C23H23FN6OS/c24-19-11-17(30-10-7-16(14-31)29-30)2-3-20(19)27-22-12-21-15(13-26-22)1-4-23(28-21)32-18-5-8-25-9-6-18/h1-4,7,10-13,18,25,31H,5-6,8-9,14H2,(H,26,27). The normalized spacial score (nSPS) is 14.7. The van der Waals surface area contributed by atoms with Crippen LogP contribution in [-0.2, 0) is 6.61 Å². The molecule has 0 radical (unpaired) electrons. The maximum absolute atomic E-state index is 14.7. The molecule has 0 spiro atoms. The third kappa shape index (κ3) is 4.59. The fraction of sp³-hybridized carbons (Fsp3) is 0.261. The van der Waals surface area contributed by atoms with Gasteiger partial charge < -0.3 is 15.7 Å². The van der Waals surface area contributed by atoms with E-state index in [0.29, 0.717) is 28.1 Å². The Morgan fingerprint density at radius 2 is 2.03 bits per heavy atom. The number of benzene rings is 1. The van der Waals surface area contributed by atoms with Crippen molar-refractivity contribution in [2.75, 3.05) is 18.4 Å². The van der Waals surface area contributed by atoms with Crippen molar-refractivity contribution in [1.29, 1.82) is 0 Å². The minimum Gasteiger partial charge on any atom is -0.390 e. The number of halogens is 1.